The Morgan fingerprint density at radius 2 is 1.93 bits per heavy atom. The Hall–Kier alpha value is -2.51. The number of benzene rings is 1. The molecule has 0 atom stereocenters. The molecule has 2 N–H and O–H groups in total. The summed E-state index contributed by atoms with van der Waals surface area (Å²) >= 11 is 2.94. The minimum atomic E-state index is -0.116. The zero-order valence-electron chi connectivity index (χ0n) is 15.5. The second-order valence-electron chi connectivity index (χ2n) is 6.17. The molecule has 0 spiro atoms. The van der Waals surface area contributed by atoms with E-state index in [4.69, 9.17) is 0 Å². The van der Waals surface area contributed by atoms with Crippen LogP contribution in [0.25, 0.3) is 11.3 Å². The molecule has 0 radical (unpaired) electrons. The fourth-order valence-electron chi connectivity index (χ4n) is 2.63. The van der Waals surface area contributed by atoms with Gasteiger partial charge in [-0.2, -0.15) is 0 Å². The van der Waals surface area contributed by atoms with Gasteiger partial charge in [0.1, 0.15) is 0 Å². The Morgan fingerprint density at radius 3 is 2.56 bits per heavy atom. The molecule has 0 aliphatic rings. The van der Waals surface area contributed by atoms with Gasteiger partial charge < -0.3 is 5.32 Å². The molecule has 0 bridgehead atoms. The van der Waals surface area contributed by atoms with Crippen LogP contribution in [0, 0.1) is 6.92 Å². The fourth-order valence-corrected chi connectivity index (χ4v) is 4.35. The number of carbonyl (C=O) groups is 2. The Labute approximate surface area is 166 Å². The third kappa shape index (κ3) is 4.81. The van der Waals surface area contributed by atoms with E-state index in [2.05, 4.69) is 22.5 Å². The molecule has 2 amide bonds. The fraction of sp³-hybridized carbons (Fsp3) is 0.250. The van der Waals surface area contributed by atoms with Gasteiger partial charge in [-0.25, -0.2) is 4.98 Å². The summed E-state index contributed by atoms with van der Waals surface area (Å²) in [6.07, 6.45) is 0.934. The quantitative estimate of drug-likeness (QED) is 0.635. The van der Waals surface area contributed by atoms with Crippen LogP contribution in [0.5, 0.6) is 0 Å². The monoisotopic (exact) mass is 399 g/mol. The molecule has 2 aromatic heterocycles. The molecule has 140 valence electrons. The van der Waals surface area contributed by atoms with Crippen molar-refractivity contribution in [3.8, 4) is 11.3 Å². The molecule has 1 aromatic carbocycles. The van der Waals surface area contributed by atoms with Crippen molar-refractivity contribution in [2.75, 3.05) is 5.32 Å². The Bertz CT molecular complexity index is 958. The topological polar surface area (TPSA) is 71.1 Å². The van der Waals surface area contributed by atoms with Crippen molar-refractivity contribution in [3.63, 3.8) is 0 Å². The van der Waals surface area contributed by atoms with E-state index in [0.29, 0.717) is 16.6 Å². The lowest BCUT2D eigenvalue weighted by Crippen LogP contribution is -2.18. The summed E-state index contributed by atoms with van der Waals surface area (Å²) in [7, 11) is 0. The Kier molecular flexibility index (Phi) is 6.03. The van der Waals surface area contributed by atoms with E-state index in [1.165, 1.54) is 34.5 Å². The summed E-state index contributed by atoms with van der Waals surface area (Å²) in [6, 6.07) is 9.79. The zero-order valence-corrected chi connectivity index (χ0v) is 17.1. The minimum Gasteiger partial charge on any atom is -0.352 e. The van der Waals surface area contributed by atoms with Gasteiger partial charge in [0.15, 0.2) is 5.13 Å². The highest BCUT2D eigenvalue weighted by molar-refractivity contribution is 7.15. The molecule has 3 aromatic rings. The predicted molar refractivity (Wildman–Crippen MR) is 111 cm³/mol. The molecule has 0 unspecified atom stereocenters. The van der Waals surface area contributed by atoms with Crippen molar-refractivity contribution >= 4 is 39.6 Å². The van der Waals surface area contributed by atoms with Crippen molar-refractivity contribution < 1.29 is 9.59 Å². The summed E-state index contributed by atoms with van der Waals surface area (Å²) in [5.41, 5.74) is 3.97. The van der Waals surface area contributed by atoms with E-state index >= 15 is 0 Å². The molecular weight excluding hydrogens is 378 g/mol. The molecule has 0 saturated carbocycles. The largest absolute Gasteiger partial charge is 0.352 e. The van der Waals surface area contributed by atoms with Gasteiger partial charge in [0.2, 0.25) is 5.91 Å². The molecule has 0 aliphatic heterocycles. The van der Waals surface area contributed by atoms with Crippen molar-refractivity contribution in [1.29, 1.82) is 0 Å². The molecule has 0 saturated heterocycles. The molecule has 3 rings (SSSR count). The lowest BCUT2D eigenvalue weighted by Gasteiger charge is -2.03. The number of aromatic nitrogens is 1. The van der Waals surface area contributed by atoms with Gasteiger partial charge in [0.05, 0.1) is 10.6 Å². The van der Waals surface area contributed by atoms with E-state index in [-0.39, 0.29) is 11.8 Å². The minimum absolute atomic E-state index is 0.0500. The standard InChI is InChI=1S/C20H21N3O2S2/c1-4-17-12(2)9-18(27-17)19(25)23-20-22-16(11-26-20)15-7-5-14(6-8-15)10-21-13(3)24/h5-9,11H,4,10H2,1-3H3,(H,21,24)(H,22,23,25). The number of hydrogen-bond acceptors (Lipinski definition) is 5. The van der Waals surface area contributed by atoms with E-state index in [1.54, 1.807) is 0 Å². The van der Waals surface area contributed by atoms with Crippen LogP contribution in [0.2, 0.25) is 0 Å². The van der Waals surface area contributed by atoms with Crippen molar-refractivity contribution in [3.05, 3.63) is 56.6 Å². The van der Waals surface area contributed by atoms with Crippen LogP contribution in [0.4, 0.5) is 5.13 Å². The summed E-state index contributed by atoms with van der Waals surface area (Å²) in [6.45, 7) is 6.13. The molecule has 7 heteroatoms. The second kappa shape index (κ2) is 8.45. The third-order valence-electron chi connectivity index (χ3n) is 4.08. The molecule has 27 heavy (non-hydrogen) atoms. The Morgan fingerprint density at radius 1 is 1.19 bits per heavy atom. The second-order valence-corrected chi connectivity index (χ2v) is 8.16. The lowest BCUT2D eigenvalue weighted by atomic mass is 10.1. The van der Waals surface area contributed by atoms with E-state index < -0.39 is 0 Å². The van der Waals surface area contributed by atoms with Gasteiger partial charge in [-0.05, 0) is 30.5 Å². The van der Waals surface area contributed by atoms with Crippen molar-refractivity contribution in [1.82, 2.24) is 10.3 Å². The highest BCUT2D eigenvalue weighted by Crippen LogP contribution is 2.27. The molecule has 2 heterocycles. The number of anilines is 1. The zero-order chi connectivity index (χ0) is 19.4. The van der Waals surface area contributed by atoms with Crippen molar-refractivity contribution in [2.45, 2.75) is 33.7 Å². The van der Waals surface area contributed by atoms with E-state index in [9.17, 15) is 9.59 Å². The predicted octanol–water partition coefficient (Wildman–Crippen LogP) is 4.63. The maximum atomic E-state index is 12.4. The van der Waals surface area contributed by atoms with E-state index in [0.717, 1.165) is 28.8 Å². The number of nitrogens with zero attached hydrogens (tertiary/aromatic N) is 1. The highest BCUT2D eigenvalue weighted by atomic mass is 32.1. The summed E-state index contributed by atoms with van der Waals surface area (Å²) in [5.74, 6) is -0.166. The maximum Gasteiger partial charge on any atom is 0.267 e. The highest BCUT2D eigenvalue weighted by Gasteiger charge is 2.14. The van der Waals surface area contributed by atoms with Crippen LogP contribution in [-0.4, -0.2) is 16.8 Å². The number of hydrogen-bond donors (Lipinski definition) is 2. The molecule has 0 fully saturated rings. The summed E-state index contributed by atoms with van der Waals surface area (Å²) in [4.78, 5) is 29.9. The van der Waals surface area contributed by atoms with Crippen LogP contribution in [-0.2, 0) is 17.8 Å². The van der Waals surface area contributed by atoms with Crippen LogP contribution in [0.1, 0.15) is 39.5 Å². The van der Waals surface area contributed by atoms with Gasteiger partial charge in [-0.1, -0.05) is 31.2 Å². The smallest absolute Gasteiger partial charge is 0.267 e. The summed E-state index contributed by atoms with van der Waals surface area (Å²) < 4.78 is 0. The number of thiophene rings is 1. The van der Waals surface area contributed by atoms with Crippen LogP contribution >= 0.6 is 22.7 Å². The number of nitrogens with one attached hydrogen (secondary N) is 2. The third-order valence-corrected chi connectivity index (χ3v) is 6.22. The van der Waals surface area contributed by atoms with Gasteiger partial charge in [-0.15, -0.1) is 22.7 Å². The molecule has 0 aliphatic carbocycles. The average molecular weight is 400 g/mol. The lowest BCUT2D eigenvalue weighted by molar-refractivity contribution is -0.119. The first-order valence-corrected chi connectivity index (χ1v) is 10.4. The van der Waals surface area contributed by atoms with Crippen LogP contribution in [0.3, 0.4) is 0 Å². The van der Waals surface area contributed by atoms with E-state index in [1.807, 2.05) is 42.6 Å². The number of aryl methyl sites for hydroxylation is 2. The average Bonchev–Trinajstić information content (AvgIpc) is 3.27. The van der Waals surface area contributed by atoms with Gasteiger partial charge >= 0.3 is 0 Å². The number of thiazole rings is 1. The number of rotatable bonds is 6. The number of carbonyl (C=O) groups excluding carboxylic acids is 2. The molecular formula is C20H21N3O2S2. The van der Waals surface area contributed by atoms with Crippen molar-refractivity contribution in [2.24, 2.45) is 0 Å². The number of amides is 2. The first-order valence-electron chi connectivity index (χ1n) is 8.66. The Balaban J connectivity index is 1.67. The van der Waals surface area contributed by atoms with Gasteiger partial charge in [-0.3, -0.25) is 14.9 Å². The van der Waals surface area contributed by atoms with Gasteiger partial charge in [0.25, 0.3) is 5.91 Å². The molecule has 5 nitrogen and oxygen atoms in total. The van der Waals surface area contributed by atoms with Crippen LogP contribution in [0.15, 0.2) is 35.7 Å². The summed E-state index contributed by atoms with van der Waals surface area (Å²) in [5, 5.41) is 8.17. The SMILES string of the molecule is CCc1sc(C(=O)Nc2nc(-c3ccc(CNC(C)=O)cc3)cs2)cc1C. The van der Waals surface area contributed by atoms with Crippen LogP contribution < -0.4 is 10.6 Å². The maximum absolute atomic E-state index is 12.4. The first-order chi connectivity index (χ1) is 13.0. The first kappa shape index (κ1) is 19.3. The van der Waals surface area contributed by atoms with Gasteiger partial charge in [0, 0.05) is 29.3 Å². The normalized spacial score (nSPS) is 10.6.